The number of hydrogen-bond acceptors (Lipinski definition) is 4. The fourth-order valence-electron chi connectivity index (χ4n) is 2.03. The Kier molecular flexibility index (Phi) is 7.14. The lowest BCUT2D eigenvalue weighted by atomic mass is 10.2. The van der Waals surface area contributed by atoms with E-state index in [9.17, 15) is 9.59 Å². The normalized spacial score (nSPS) is 11.6. The number of rotatable bonds is 6. The van der Waals surface area contributed by atoms with E-state index in [1.807, 2.05) is 0 Å². The Bertz CT molecular complexity index is 806. The number of amides is 1. The predicted octanol–water partition coefficient (Wildman–Crippen LogP) is 4.90. The molecular weight excluding hydrogens is 401 g/mol. The van der Waals surface area contributed by atoms with Gasteiger partial charge in [0.2, 0.25) is 0 Å². The van der Waals surface area contributed by atoms with Crippen LogP contribution in [0.1, 0.15) is 12.5 Å². The molecule has 2 aromatic rings. The number of hydrogen-bond donors (Lipinski definition) is 1. The summed E-state index contributed by atoms with van der Waals surface area (Å²) in [6, 6.07) is 9.85. The highest BCUT2D eigenvalue weighted by molar-refractivity contribution is 6.39. The summed E-state index contributed by atoms with van der Waals surface area (Å²) in [6.45, 7) is 2.84. The molecule has 1 atom stereocenters. The summed E-state index contributed by atoms with van der Waals surface area (Å²) in [6.07, 6.45) is -0.897. The number of anilines is 1. The Hall–Kier alpha value is -1.95. The van der Waals surface area contributed by atoms with Gasteiger partial charge in [0, 0.05) is 5.02 Å². The van der Waals surface area contributed by atoms with Gasteiger partial charge in [-0.15, -0.1) is 0 Å². The van der Waals surface area contributed by atoms with Gasteiger partial charge in [0.15, 0.2) is 12.7 Å². The Labute approximate surface area is 166 Å². The van der Waals surface area contributed by atoms with E-state index in [1.54, 1.807) is 43.3 Å². The molecule has 5 nitrogen and oxygen atoms in total. The molecule has 0 aliphatic heterocycles. The molecule has 0 aromatic heterocycles. The Balaban J connectivity index is 1.88. The fourth-order valence-corrected chi connectivity index (χ4v) is 2.75. The van der Waals surface area contributed by atoms with Crippen LogP contribution in [0, 0.1) is 6.92 Å². The van der Waals surface area contributed by atoms with E-state index >= 15 is 0 Å². The Morgan fingerprint density at radius 2 is 1.77 bits per heavy atom. The van der Waals surface area contributed by atoms with Gasteiger partial charge in [0.05, 0.1) is 15.7 Å². The first-order valence-electron chi connectivity index (χ1n) is 7.61. The molecule has 2 rings (SSSR count). The zero-order valence-corrected chi connectivity index (χ0v) is 16.3. The quantitative estimate of drug-likeness (QED) is 0.680. The van der Waals surface area contributed by atoms with Gasteiger partial charge in [-0.25, -0.2) is 4.79 Å². The van der Waals surface area contributed by atoms with Crippen LogP contribution in [0.2, 0.25) is 15.1 Å². The summed E-state index contributed by atoms with van der Waals surface area (Å²) in [4.78, 5) is 23.9. The first kappa shape index (κ1) is 20.4. The van der Waals surface area contributed by atoms with Crippen molar-refractivity contribution < 1.29 is 19.1 Å². The zero-order chi connectivity index (χ0) is 19.3. The molecule has 0 bridgehead atoms. The van der Waals surface area contributed by atoms with Crippen LogP contribution in [0.25, 0.3) is 0 Å². The summed E-state index contributed by atoms with van der Waals surface area (Å²) < 4.78 is 10.5. The number of carbonyl (C=O) groups is 2. The molecule has 0 saturated carbocycles. The van der Waals surface area contributed by atoms with Crippen molar-refractivity contribution in [3.05, 3.63) is 57.0 Å². The van der Waals surface area contributed by atoms with Crippen LogP contribution in [0.4, 0.5) is 5.69 Å². The third-order valence-electron chi connectivity index (χ3n) is 3.35. The van der Waals surface area contributed by atoms with Crippen molar-refractivity contribution in [1.29, 1.82) is 0 Å². The summed E-state index contributed by atoms with van der Waals surface area (Å²) in [5.74, 6) is -0.742. The van der Waals surface area contributed by atoms with Gasteiger partial charge in [-0.1, -0.05) is 40.9 Å². The van der Waals surface area contributed by atoms with Gasteiger partial charge in [-0.05, 0) is 49.7 Å². The van der Waals surface area contributed by atoms with Crippen molar-refractivity contribution in [2.45, 2.75) is 20.0 Å². The second kappa shape index (κ2) is 9.12. The lowest BCUT2D eigenvalue weighted by molar-refractivity contribution is -0.153. The molecule has 0 fully saturated rings. The standard InChI is InChI=1S/C18H16Cl3NO4/c1-10-8-12(19)6-7-15(10)26-11(2)18(24)25-9-16(23)22-17-13(20)4-3-5-14(17)21/h3-8,11H,9H2,1-2H3,(H,22,23). The number of ether oxygens (including phenoxy) is 2. The maximum absolute atomic E-state index is 12.0. The number of nitrogens with one attached hydrogen (secondary N) is 1. The lowest BCUT2D eigenvalue weighted by Crippen LogP contribution is -2.30. The van der Waals surface area contributed by atoms with Gasteiger partial charge < -0.3 is 14.8 Å². The molecule has 1 amide bonds. The number of esters is 1. The SMILES string of the molecule is Cc1cc(Cl)ccc1OC(C)C(=O)OCC(=O)Nc1c(Cl)cccc1Cl. The van der Waals surface area contributed by atoms with E-state index in [-0.39, 0.29) is 15.7 Å². The number of para-hydroxylation sites is 1. The summed E-state index contributed by atoms with van der Waals surface area (Å²) in [5.41, 5.74) is 1.04. The topological polar surface area (TPSA) is 64.6 Å². The molecule has 0 aliphatic rings. The van der Waals surface area contributed by atoms with Crippen LogP contribution in [0.3, 0.4) is 0 Å². The highest BCUT2D eigenvalue weighted by Crippen LogP contribution is 2.29. The lowest BCUT2D eigenvalue weighted by Gasteiger charge is -2.16. The van der Waals surface area contributed by atoms with E-state index in [0.29, 0.717) is 10.8 Å². The first-order valence-corrected chi connectivity index (χ1v) is 8.74. The predicted molar refractivity (Wildman–Crippen MR) is 102 cm³/mol. The van der Waals surface area contributed by atoms with E-state index in [1.165, 1.54) is 6.92 Å². The van der Waals surface area contributed by atoms with Crippen molar-refractivity contribution in [3.8, 4) is 5.75 Å². The van der Waals surface area contributed by atoms with Crippen LogP contribution in [-0.2, 0) is 14.3 Å². The molecule has 1 N–H and O–H groups in total. The Morgan fingerprint density at radius 1 is 1.12 bits per heavy atom. The minimum absolute atomic E-state index is 0.262. The van der Waals surface area contributed by atoms with Crippen molar-refractivity contribution in [3.63, 3.8) is 0 Å². The minimum atomic E-state index is -0.897. The Morgan fingerprint density at radius 3 is 2.38 bits per heavy atom. The van der Waals surface area contributed by atoms with Crippen LogP contribution in [0.5, 0.6) is 5.75 Å². The van der Waals surface area contributed by atoms with Crippen molar-refractivity contribution in [1.82, 2.24) is 0 Å². The van der Waals surface area contributed by atoms with Crippen molar-refractivity contribution in [2.24, 2.45) is 0 Å². The maximum atomic E-state index is 12.0. The summed E-state index contributed by atoms with van der Waals surface area (Å²) in [7, 11) is 0. The van der Waals surface area contributed by atoms with Gasteiger partial charge in [-0.3, -0.25) is 4.79 Å². The van der Waals surface area contributed by atoms with Crippen molar-refractivity contribution in [2.75, 3.05) is 11.9 Å². The van der Waals surface area contributed by atoms with E-state index < -0.39 is 24.6 Å². The summed E-state index contributed by atoms with van der Waals surface area (Å²) in [5, 5.41) is 3.64. The van der Waals surface area contributed by atoms with Crippen molar-refractivity contribution >= 4 is 52.4 Å². The second-order valence-electron chi connectivity index (χ2n) is 5.42. The minimum Gasteiger partial charge on any atom is -0.479 e. The molecule has 0 radical (unpaired) electrons. The average Bonchev–Trinajstić information content (AvgIpc) is 2.58. The first-order chi connectivity index (χ1) is 12.3. The smallest absolute Gasteiger partial charge is 0.347 e. The molecule has 8 heteroatoms. The molecule has 2 aromatic carbocycles. The summed E-state index contributed by atoms with van der Waals surface area (Å²) >= 11 is 17.8. The monoisotopic (exact) mass is 415 g/mol. The third-order valence-corrected chi connectivity index (χ3v) is 4.21. The van der Waals surface area contributed by atoms with Gasteiger partial charge in [0.1, 0.15) is 5.75 Å². The van der Waals surface area contributed by atoms with E-state index in [4.69, 9.17) is 44.3 Å². The van der Waals surface area contributed by atoms with E-state index in [2.05, 4.69) is 5.32 Å². The molecule has 1 unspecified atom stereocenters. The van der Waals surface area contributed by atoms with Crippen LogP contribution >= 0.6 is 34.8 Å². The third kappa shape index (κ3) is 5.53. The van der Waals surface area contributed by atoms with Crippen LogP contribution < -0.4 is 10.1 Å². The van der Waals surface area contributed by atoms with Gasteiger partial charge >= 0.3 is 5.97 Å². The average molecular weight is 417 g/mol. The zero-order valence-electron chi connectivity index (χ0n) is 14.0. The fraction of sp³-hybridized carbons (Fsp3) is 0.222. The number of benzene rings is 2. The maximum Gasteiger partial charge on any atom is 0.347 e. The van der Waals surface area contributed by atoms with Gasteiger partial charge in [0.25, 0.3) is 5.91 Å². The van der Waals surface area contributed by atoms with E-state index in [0.717, 1.165) is 5.56 Å². The van der Waals surface area contributed by atoms with Crippen LogP contribution in [0.15, 0.2) is 36.4 Å². The molecule has 0 saturated heterocycles. The molecule has 0 heterocycles. The largest absolute Gasteiger partial charge is 0.479 e. The number of halogens is 3. The molecule has 0 spiro atoms. The number of carbonyl (C=O) groups excluding carboxylic acids is 2. The molecular formula is C18H16Cl3NO4. The second-order valence-corrected chi connectivity index (χ2v) is 6.67. The number of aryl methyl sites for hydroxylation is 1. The highest BCUT2D eigenvalue weighted by atomic mass is 35.5. The van der Waals surface area contributed by atoms with Crippen LogP contribution in [-0.4, -0.2) is 24.6 Å². The van der Waals surface area contributed by atoms with Gasteiger partial charge in [-0.2, -0.15) is 0 Å². The molecule has 26 heavy (non-hydrogen) atoms. The molecule has 138 valence electrons. The highest BCUT2D eigenvalue weighted by Gasteiger charge is 2.19. The molecule has 0 aliphatic carbocycles.